The van der Waals surface area contributed by atoms with Crippen LogP contribution in [0.15, 0.2) is 5.16 Å². The van der Waals surface area contributed by atoms with Crippen LogP contribution in [0.25, 0.3) is 0 Å². The first kappa shape index (κ1) is 15.1. The number of carbonyl (C=O) groups excluding carboxylic acids is 1. The van der Waals surface area contributed by atoms with Gasteiger partial charge in [0.25, 0.3) is 0 Å². The van der Waals surface area contributed by atoms with Gasteiger partial charge in [-0.1, -0.05) is 37.8 Å². The average Bonchev–Trinajstić information content (AvgIpc) is 2.95. The number of carbonyl (C=O) groups is 1. The third kappa shape index (κ3) is 2.63. The molecule has 0 bridgehead atoms. The summed E-state index contributed by atoms with van der Waals surface area (Å²) in [5.74, 6) is 0.812. The van der Waals surface area contributed by atoms with Crippen LogP contribution in [-0.2, 0) is 4.79 Å². The molecule has 2 fully saturated rings. The second-order valence-corrected chi connectivity index (χ2v) is 6.62. The first-order chi connectivity index (χ1) is 9.51. The summed E-state index contributed by atoms with van der Waals surface area (Å²) >= 11 is 0. The molecule has 3 N–H and O–H groups in total. The molecule has 0 aromatic rings. The van der Waals surface area contributed by atoms with E-state index in [9.17, 15) is 4.79 Å². The number of nitrogens with zero attached hydrogens (tertiary/aromatic N) is 2. The summed E-state index contributed by atoms with van der Waals surface area (Å²) < 4.78 is 0. The first-order valence-corrected chi connectivity index (χ1v) is 7.76. The van der Waals surface area contributed by atoms with E-state index in [1.54, 1.807) is 0 Å². The normalized spacial score (nSPS) is 30.2. The van der Waals surface area contributed by atoms with E-state index in [0.717, 1.165) is 25.7 Å². The minimum Gasteiger partial charge on any atom is -0.409 e. The maximum absolute atomic E-state index is 12.9. The van der Waals surface area contributed by atoms with Gasteiger partial charge in [-0.05, 0) is 31.6 Å². The summed E-state index contributed by atoms with van der Waals surface area (Å²) in [5, 5.41) is 12.2. The number of nitrogens with two attached hydrogens (primary N) is 1. The molecule has 2 unspecified atom stereocenters. The molecule has 5 heteroatoms. The maximum atomic E-state index is 12.9. The Morgan fingerprint density at radius 3 is 2.50 bits per heavy atom. The first-order valence-electron chi connectivity index (χ1n) is 7.76. The molecule has 2 atom stereocenters. The van der Waals surface area contributed by atoms with Crippen LogP contribution >= 0.6 is 0 Å². The molecule has 114 valence electrons. The number of hydrogen-bond acceptors (Lipinski definition) is 3. The van der Waals surface area contributed by atoms with Gasteiger partial charge < -0.3 is 15.8 Å². The van der Waals surface area contributed by atoms with E-state index in [-0.39, 0.29) is 11.7 Å². The minimum absolute atomic E-state index is 0.0457. The Kier molecular flexibility index (Phi) is 4.55. The lowest BCUT2D eigenvalue weighted by Gasteiger charge is -2.39. The van der Waals surface area contributed by atoms with Crippen LogP contribution in [-0.4, -0.2) is 34.9 Å². The fraction of sp³-hybridized carbons (Fsp3) is 0.867. The van der Waals surface area contributed by atoms with Gasteiger partial charge in [-0.3, -0.25) is 4.79 Å². The van der Waals surface area contributed by atoms with Crippen LogP contribution < -0.4 is 5.73 Å². The third-order valence-electron chi connectivity index (χ3n) is 5.24. The van der Waals surface area contributed by atoms with Crippen LogP contribution in [0.2, 0.25) is 0 Å². The summed E-state index contributed by atoms with van der Waals surface area (Å²) in [7, 11) is 1.88. The molecule has 0 radical (unpaired) electrons. The van der Waals surface area contributed by atoms with Crippen molar-refractivity contribution >= 4 is 11.7 Å². The molecule has 0 saturated heterocycles. The third-order valence-corrected chi connectivity index (χ3v) is 5.24. The molecule has 2 saturated carbocycles. The zero-order chi connectivity index (χ0) is 14.8. The molecule has 0 aromatic heterocycles. The maximum Gasteiger partial charge on any atom is 0.236 e. The molecule has 2 rings (SSSR count). The van der Waals surface area contributed by atoms with Gasteiger partial charge in [-0.2, -0.15) is 0 Å². The Hall–Kier alpha value is -1.26. The van der Waals surface area contributed by atoms with Crippen LogP contribution in [0.5, 0.6) is 0 Å². The summed E-state index contributed by atoms with van der Waals surface area (Å²) in [6.07, 6.45) is 7.91. The quantitative estimate of drug-likeness (QED) is 0.361. The molecule has 20 heavy (non-hydrogen) atoms. The van der Waals surface area contributed by atoms with Crippen LogP contribution in [0.1, 0.15) is 58.3 Å². The van der Waals surface area contributed by atoms with E-state index >= 15 is 0 Å². The van der Waals surface area contributed by atoms with E-state index in [2.05, 4.69) is 12.1 Å². The van der Waals surface area contributed by atoms with Gasteiger partial charge in [-0.25, -0.2) is 0 Å². The zero-order valence-corrected chi connectivity index (χ0v) is 12.6. The molecule has 0 aromatic carbocycles. The van der Waals surface area contributed by atoms with Gasteiger partial charge in [0.15, 0.2) is 5.84 Å². The lowest BCUT2D eigenvalue weighted by Crippen LogP contribution is -2.52. The number of rotatable bonds is 3. The molecule has 5 nitrogen and oxygen atoms in total. The van der Waals surface area contributed by atoms with E-state index in [1.165, 1.54) is 12.8 Å². The largest absolute Gasteiger partial charge is 0.409 e. The molecule has 0 heterocycles. The SMILES string of the molecule is CC1CCCC(N(C)C(=O)C2(C(N)=NO)CCCC2)C1. The van der Waals surface area contributed by atoms with Crippen LogP contribution in [0, 0.1) is 11.3 Å². The highest BCUT2D eigenvalue weighted by atomic mass is 16.4. The molecule has 2 aliphatic carbocycles. The average molecular weight is 281 g/mol. The zero-order valence-electron chi connectivity index (χ0n) is 12.6. The molecular weight excluding hydrogens is 254 g/mol. The molecular formula is C15H27N3O2. The van der Waals surface area contributed by atoms with Gasteiger partial charge in [-0.15, -0.1) is 0 Å². The van der Waals surface area contributed by atoms with Crippen molar-refractivity contribution in [2.45, 2.75) is 64.3 Å². The minimum atomic E-state index is -0.760. The van der Waals surface area contributed by atoms with Crippen molar-refractivity contribution in [2.75, 3.05) is 7.05 Å². The van der Waals surface area contributed by atoms with E-state index in [1.807, 2.05) is 11.9 Å². The van der Waals surface area contributed by atoms with E-state index in [0.29, 0.717) is 24.8 Å². The Morgan fingerprint density at radius 1 is 1.30 bits per heavy atom. The topological polar surface area (TPSA) is 78.9 Å². The fourth-order valence-corrected chi connectivity index (χ4v) is 3.91. The smallest absolute Gasteiger partial charge is 0.236 e. The number of oxime groups is 1. The highest BCUT2D eigenvalue weighted by Gasteiger charge is 2.48. The van der Waals surface area contributed by atoms with E-state index in [4.69, 9.17) is 10.9 Å². The lowest BCUT2D eigenvalue weighted by molar-refractivity contribution is -0.140. The van der Waals surface area contributed by atoms with Gasteiger partial charge >= 0.3 is 0 Å². The van der Waals surface area contributed by atoms with Crippen LogP contribution in [0.4, 0.5) is 0 Å². The van der Waals surface area contributed by atoms with Crippen LogP contribution in [0.3, 0.4) is 0 Å². The van der Waals surface area contributed by atoms with Gasteiger partial charge in [0.2, 0.25) is 5.91 Å². The van der Waals surface area contributed by atoms with Crippen molar-refractivity contribution in [2.24, 2.45) is 22.2 Å². The molecule has 1 amide bonds. The van der Waals surface area contributed by atoms with Crippen molar-refractivity contribution in [1.82, 2.24) is 4.90 Å². The Morgan fingerprint density at radius 2 is 1.95 bits per heavy atom. The Bertz CT molecular complexity index is 389. The van der Waals surface area contributed by atoms with Crippen molar-refractivity contribution < 1.29 is 10.0 Å². The summed E-state index contributed by atoms with van der Waals surface area (Å²) in [5.41, 5.74) is 5.10. The highest BCUT2D eigenvalue weighted by molar-refractivity contribution is 6.07. The fourth-order valence-electron chi connectivity index (χ4n) is 3.91. The molecule has 0 aliphatic heterocycles. The van der Waals surface area contributed by atoms with Gasteiger partial charge in [0, 0.05) is 13.1 Å². The number of hydrogen-bond donors (Lipinski definition) is 2. The van der Waals surface area contributed by atoms with Crippen molar-refractivity contribution in [1.29, 1.82) is 0 Å². The Balaban J connectivity index is 2.15. The van der Waals surface area contributed by atoms with Crippen molar-refractivity contribution in [3.05, 3.63) is 0 Å². The molecule has 0 spiro atoms. The van der Waals surface area contributed by atoms with Gasteiger partial charge in [0.05, 0.1) is 0 Å². The second kappa shape index (κ2) is 6.02. The molecule has 2 aliphatic rings. The predicted molar refractivity (Wildman–Crippen MR) is 78.5 cm³/mol. The standard InChI is InChI=1S/C15H27N3O2/c1-11-6-5-7-12(10-11)18(2)14(19)15(13(16)17-20)8-3-4-9-15/h11-12,20H,3-10H2,1-2H3,(H2,16,17). The summed E-state index contributed by atoms with van der Waals surface area (Å²) in [6.45, 7) is 2.25. The summed E-state index contributed by atoms with van der Waals surface area (Å²) in [6, 6.07) is 0.301. The monoisotopic (exact) mass is 281 g/mol. The number of amides is 1. The van der Waals surface area contributed by atoms with E-state index < -0.39 is 5.41 Å². The predicted octanol–water partition coefficient (Wildman–Crippen LogP) is 2.33. The Labute approximate surface area is 121 Å². The van der Waals surface area contributed by atoms with Crippen molar-refractivity contribution in [3.63, 3.8) is 0 Å². The van der Waals surface area contributed by atoms with Gasteiger partial charge in [0.1, 0.15) is 5.41 Å². The van der Waals surface area contributed by atoms with Crippen molar-refractivity contribution in [3.8, 4) is 0 Å². The second-order valence-electron chi connectivity index (χ2n) is 6.62. The number of amidine groups is 1. The highest BCUT2D eigenvalue weighted by Crippen LogP contribution is 2.41. The lowest BCUT2D eigenvalue weighted by atomic mass is 9.81. The summed E-state index contributed by atoms with van der Waals surface area (Å²) in [4.78, 5) is 14.8.